The molecular weight excluding hydrogens is 510 g/mol. The van der Waals surface area contributed by atoms with Crippen LogP contribution < -0.4 is 15.5 Å². The van der Waals surface area contributed by atoms with Gasteiger partial charge in [-0.3, -0.25) is 9.59 Å². The number of carbonyl (C=O) groups excluding carboxylic acids is 2. The number of nitrogens with one attached hydrogen (secondary N) is 2. The molecule has 216 valence electrons. The van der Waals surface area contributed by atoms with Gasteiger partial charge >= 0.3 is 0 Å². The lowest BCUT2D eigenvalue weighted by molar-refractivity contribution is 0.0858. The molecule has 41 heavy (non-hydrogen) atoms. The van der Waals surface area contributed by atoms with Crippen molar-refractivity contribution in [1.29, 1.82) is 0 Å². The van der Waals surface area contributed by atoms with E-state index in [9.17, 15) is 9.59 Å². The second kappa shape index (κ2) is 12.9. The summed E-state index contributed by atoms with van der Waals surface area (Å²) in [4.78, 5) is 28.9. The second-order valence-corrected chi connectivity index (χ2v) is 12.5. The third-order valence-electron chi connectivity index (χ3n) is 8.35. The van der Waals surface area contributed by atoms with Gasteiger partial charge in [0.2, 0.25) is 0 Å². The minimum Gasteiger partial charge on any atom is -0.376 e. The Kier molecular flexibility index (Phi) is 9.09. The average Bonchev–Trinajstić information content (AvgIpc) is 3.50. The number of nitrogens with zero attached hydrogens (tertiary/aromatic N) is 1. The summed E-state index contributed by atoms with van der Waals surface area (Å²) in [5.41, 5.74) is 5.29. The molecule has 2 N–H and O–H groups in total. The molecular formula is C35H43N3O3. The monoisotopic (exact) mass is 553 g/mol. The molecule has 3 aromatic rings. The van der Waals surface area contributed by atoms with E-state index >= 15 is 0 Å². The lowest BCUT2D eigenvalue weighted by Crippen LogP contribution is -2.37. The minimum atomic E-state index is -0.189. The van der Waals surface area contributed by atoms with Gasteiger partial charge in [-0.15, -0.1) is 0 Å². The van der Waals surface area contributed by atoms with Crippen LogP contribution in [0.15, 0.2) is 72.8 Å². The van der Waals surface area contributed by atoms with Crippen molar-refractivity contribution in [1.82, 2.24) is 5.32 Å². The van der Waals surface area contributed by atoms with Crippen LogP contribution in [0, 0.1) is 5.92 Å². The van der Waals surface area contributed by atoms with Gasteiger partial charge in [0.1, 0.15) is 0 Å². The van der Waals surface area contributed by atoms with E-state index in [4.69, 9.17) is 4.74 Å². The molecule has 2 aliphatic rings. The molecule has 0 bridgehead atoms. The van der Waals surface area contributed by atoms with Crippen molar-refractivity contribution in [2.45, 2.75) is 64.4 Å². The number of carbonyl (C=O) groups is 2. The summed E-state index contributed by atoms with van der Waals surface area (Å²) in [6, 6.07) is 24.1. The lowest BCUT2D eigenvalue weighted by atomic mass is 9.87. The van der Waals surface area contributed by atoms with Crippen LogP contribution in [0.2, 0.25) is 0 Å². The fourth-order valence-electron chi connectivity index (χ4n) is 5.83. The highest BCUT2D eigenvalue weighted by Crippen LogP contribution is 2.31. The van der Waals surface area contributed by atoms with Crippen LogP contribution in [-0.4, -0.2) is 44.2 Å². The van der Waals surface area contributed by atoms with Crippen LogP contribution in [0.5, 0.6) is 0 Å². The fourth-order valence-corrected chi connectivity index (χ4v) is 5.83. The van der Waals surface area contributed by atoms with Crippen LogP contribution in [0.4, 0.5) is 11.4 Å². The summed E-state index contributed by atoms with van der Waals surface area (Å²) < 4.78 is 5.72. The average molecular weight is 554 g/mol. The first kappa shape index (κ1) is 28.9. The molecule has 5 rings (SSSR count). The Morgan fingerprint density at radius 1 is 0.902 bits per heavy atom. The molecule has 2 fully saturated rings. The maximum absolute atomic E-state index is 13.5. The Morgan fingerprint density at radius 2 is 1.63 bits per heavy atom. The van der Waals surface area contributed by atoms with Gasteiger partial charge in [0, 0.05) is 43.2 Å². The van der Waals surface area contributed by atoms with Crippen molar-refractivity contribution < 1.29 is 14.3 Å². The van der Waals surface area contributed by atoms with Crippen molar-refractivity contribution in [3.05, 3.63) is 95.1 Å². The molecule has 0 saturated carbocycles. The molecule has 6 heteroatoms. The van der Waals surface area contributed by atoms with Gasteiger partial charge in [-0.05, 0) is 84.9 Å². The van der Waals surface area contributed by atoms with Gasteiger partial charge < -0.3 is 20.3 Å². The molecule has 2 aliphatic heterocycles. The van der Waals surface area contributed by atoms with Crippen LogP contribution in [-0.2, 0) is 16.6 Å². The van der Waals surface area contributed by atoms with Crippen LogP contribution >= 0.6 is 0 Å². The second-order valence-electron chi connectivity index (χ2n) is 12.5. The Balaban J connectivity index is 1.30. The normalized spacial score (nSPS) is 17.8. The van der Waals surface area contributed by atoms with Gasteiger partial charge in [0.25, 0.3) is 11.8 Å². The molecule has 0 aliphatic carbocycles. The van der Waals surface area contributed by atoms with Crippen LogP contribution in [0.25, 0.3) is 0 Å². The zero-order chi connectivity index (χ0) is 28.8. The highest BCUT2D eigenvalue weighted by Gasteiger charge is 2.25. The third kappa shape index (κ3) is 7.56. The van der Waals surface area contributed by atoms with Crippen LogP contribution in [0.3, 0.4) is 0 Å². The van der Waals surface area contributed by atoms with Crippen molar-refractivity contribution in [3.8, 4) is 0 Å². The largest absolute Gasteiger partial charge is 0.376 e. The van der Waals surface area contributed by atoms with Crippen molar-refractivity contribution in [3.63, 3.8) is 0 Å². The predicted molar refractivity (Wildman–Crippen MR) is 166 cm³/mol. The molecule has 2 amide bonds. The zero-order valence-corrected chi connectivity index (χ0v) is 24.6. The maximum atomic E-state index is 13.5. The number of rotatable bonds is 8. The van der Waals surface area contributed by atoms with Gasteiger partial charge in [0.05, 0.1) is 11.7 Å². The Hall–Kier alpha value is -3.64. The molecule has 2 saturated heterocycles. The van der Waals surface area contributed by atoms with Gasteiger partial charge in [-0.1, -0.05) is 63.2 Å². The van der Waals surface area contributed by atoms with Crippen LogP contribution in [0.1, 0.15) is 78.3 Å². The molecule has 0 radical (unpaired) electrons. The van der Waals surface area contributed by atoms with Crippen molar-refractivity contribution in [2.75, 3.05) is 36.5 Å². The topological polar surface area (TPSA) is 70.7 Å². The number of hydrogen-bond donors (Lipinski definition) is 2. The van der Waals surface area contributed by atoms with Crippen molar-refractivity contribution >= 4 is 23.2 Å². The van der Waals surface area contributed by atoms with E-state index in [1.165, 1.54) is 11.1 Å². The van der Waals surface area contributed by atoms with E-state index in [1.807, 2.05) is 42.5 Å². The summed E-state index contributed by atoms with van der Waals surface area (Å²) in [6.45, 7) is 9.50. The first-order chi connectivity index (χ1) is 19.8. The van der Waals surface area contributed by atoms with E-state index in [2.05, 4.69) is 66.6 Å². The molecule has 0 aromatic heterocycles. The quantitative estimate of drug-likeness (QED) is 0.330. The number of piperidine rings is 1. The lowest BCUT2D eigenvalue weighted by Gasteiger charge is -2.35. The first-order valence-electron chi connectivity index (χ1n) is 15.0. The molecule has 1 atom stereocenters. The Morgan fingerprint density at radius 3 is 2.29 bits per heavy atom. The number of hydrogen-bond acceptors (Lipinski definition) is 4. The highest BCUT2D eigenvalue weighted by atomic mass is 16.5. The standard InChI is InChI=1S/C35H43N3O3/c1-35(2,3)28-13-11-27(12-14-28)33(39)37-29-15-16-32(31(23-29)34(40)36-24-30-10-7-21-41-30)38-19-17-26(18-20-38)22-25-8-5-4-6-9-25/h4-6,8-9,11-16,23,26,30H,7,10,17-22,24H2,1-3H3,(H,36,40)(H,37,39)/t30-/m0/s1. The molecule has 3 aromatic carbocycles. The first-order valence-corrected chi connectivity index (χ1v) is 15.0. The minimum absolute atomic E-state index is 0.0205. The zero-order valence-electron chi connectivity index (χ0n) is 24.6. The highest BCUT2D eigenvalue weighted by molar-refractivity contribution is 6.06. The van der Waals surface area contributed by atoms with E-state index in [1.54, 1.807) is 0 Å². The molecule has 0 unspecified atom stereocenters. The van der Waals surface area contributed by atoms with Gasteiger partial charge in [0.15, 0.2) is 0 Å². The maximum Gasteiger partial charge on any atom is 0.255 e. The fraction of sp³-hybridized carbons (Fsp3) is 0.429. The Labute approximate surface area is 244 Å². The summed E-state index contributed by atoms with van der Waals surface area (Å²) in [7, 11) is 0. The summed E-state index contributed by atoms with van der Waals surface area (Å²) in [5, 5.41) is 6.10. The SMILES string of the molecule is CC(C)(C)c1ccc(C(=O)Nc2ccc(N3CCC(Cc4ccccc4)CC3)c(C(=O)NC[C@@H]3CCCO3)c2)cc1. The summed E-state index contributed by atoms with van der Waals surface area (Å²) in [5.74, 6) is 0.312. The molecule has 6 nitrogen and oxygen atoms in total. The van der Waals surface area contributed by atoms with E-state index < -0.39 is 0 Å². The predicted octanol–water partition coefficient (Wildman–Crippen LogP) is 6.60. The van der Waals surface area contributed by atoms with Gasteiger partial charge in [-0.2, -0.15) is 0 Å². The Bertz CT molecular complexity index is 1320. The van der Waals surface area contributed by atoms with E-state index in [0.717, 1.165) is 57.5 Å². The smallest absolute Gasteiger partial charge is 0.255 e. The summed E-state index contributed by atoms with van der Waals surface area (Å²) in [6.07, 6.45) is 5.30. The van der Waals surface area contributed by atoms with Gasteiger partial charge in [-0.25, -0.2) is 0 Å². The van der Waals surface area contributed by atoms with E-state index in [0.29, 0.717) is 29.3 Å². The van der Waals surface area contributed by atoms with Crippen molar-refractivity contribution in [2.24, 2.45) is 5.92 Å². The number of amides is 2. The summed E-state index contributed by atoms with van der Waals surface area (Å²) >= 11 is 0. The third-order valence-corrected chi connectivity index (χ3v) is 8.35. The molecule has 0 spiro atoms. The molecule has 2 heterocycles. The van der Waals surface area contributed by atoms with E-state index in [-0.39, 0.29) is 23.3 Å². The number of anilines is 2. The number of ether oxygens (including phenoxy) is 1. The number of benzene rings is 3.